The van der Waals surface area contributed by atoms with Crippen LogP contribution in [0.15, 0.2) is 121 Å². The lowest BCUT2D eigenvalue weighted by molar-refractivity contribution is 0.568. The molecule has 6 rings (SSSR count). The summed E-state index contributed by atoms with van der Waals surface area (Å²) in [5.41, 5.74) is 15.1. The highest BCUT2D eigenvalue weighted by Crippen LogP contribution is 2.40. The van der Waals surface area contributed by atoms with Crippen molar-refractivity contribution in [1.82, 2.24) is 9.97 Å². The van der Waals surface area contributed by atoms with Crippen LogP contribution in [0.25, 0.3) is 56.2 Å². The molecule has 0 saturated heterocycles. The molecule has 0 amide bonds. The maximum Gasteiger partial charge on any atom is 0.160 e. The van der Waals surface area contributed by atoms with Crippen molar-refractivity contribution in [2.24, 2.45) is 0 Å². The van der Waals surface area contributed by atoms with Gasteiger partial charge < -0.3 is 0 Å². The summed E-state index contributed by atoms with van der Waals surface area (Å²) in [6.07, 6.45) is 0. The Bertz CT molecular complexity index is 1980. The van der Waals surface area contributed by atoms with Gasteiger partial charge in [-0.05, 0) is 90.4 Å². The van der Waals surface area contributed by atoms with Crippen molar-refractivity contribution < 1.29 is 0 Å². The highest BCUT2D eigenvalue weighted by Gasteiger charge is 2.24. The van der Waals surface area contributed by atoms with Gasteiger partial charge in [-0.15, -0.1) is 0 Å². The summed E-state index contributed by atoms with van der Waals surface area (Å²) in [6, 6.07) is 44.4. The van der Waals surface area contributed by atoms with Crippen LogP contribution < -0.4 is 0 Å². The molecule has 1 heterocycles. The van der Waals surface area contributed by atoms with Crippen molar-refractivity contribution in [2.75, 3.05) is 0 Å². The van der Waals surface area contributed by atoms with E-state index in [1.54, 1.807) is 0 Å². The average Bonchev–Trinajstić information content (AvgIpc) is 3.10. The highest BCUT2D eigenvalue weighted by atomic mass is 14.9. The Morgan fingerprint density at radius 1 is 0.288 bits per heavy atom. The van der Waals surface area contributed by atoms with Gasteiger partial charge >= 0.3 is 0 Å². The van der Waals surface area contributed by atoms with Crippen LogP contribution in [0.1, 0.15) is 105 Å². The predicted octanol–water partition coefficient (Wildman–Crippen LogP) is 14.0. The highest BCUT2D eigenvalue weighted by molar-refractivity contribution is 5.83. The quantitative estimate of drug-likeness (QED) is 0.181. The maximum atomic E-state index is 5.29. The number of benzene rings is 5. The summed E-state index contributed by atoms with van der Waals surface area (Å²) in [4.78, 5) is 10.4. The fourth-order valence-corrected chi connectivity index (χ4v) is 6.50. The Morgan fingerprint density at radius 3 is 0.962 bits per heavy atom. The predicted molar refractivity (Wildman–Crippen MR) is 224 cm³/mol. The van der Waals surface area contributed by atoms with Crippen molar-refractivity contribution in [3.05, 3.63) is 144 Å². The van der Waals surface area contributed by atoms with Gasteiger partial charge in [-0.25, -0.2) is 9.97 Å². The van der Waals surface area contributed by atoms with E-state index in [4.69, 9.17) is 9.97 Å². The third-order valence-corrected chi connectivity index (χ3v) is 10.1. The summed E-state index contributed by atoms with van der Waals surface area (Å²) in [5, 5.41) is 0. The minimum absolute atomic E-state index is 0.000918. The van der Waals surface area contributed by atoms with Gasteiger partial charge in [0, 0.05) is 16.7 Å². The molecule has 0 radical (unpaired) electrons. The molecule has 0 unspecified atom stereocenters. The summed E-state index contributed by atoms with van der Waals surface area (Å²) in [6.45, 7) is 27.7. The lowest BCUT2D eigenvalue weighted by atomic mass is 9.78. The van der Waals surface area contributed by atoms with Gasteiger partial charge in [0.25, 0.3) is 0 Å². The molecule has 1 aromatic heterocycles. The summed E-state index contributed by atoms with van der Waals surface area (Å²) in [5.74, 6) is 0.721. The summed E-state index contributed by atoms with van der Waals surface area (Å²) < 4.78 is 0. The lowest BCUT2D eigenvalue weighted by Crippen LogP contribution is -2.16. The number of hydrogen-bond acceptors (Lipinski definition) is 2. The van der Waals surface area contributed by atoms with E-state index in [0.29, 0.717) is 0 Å². The molecule has 2 heteroatoms. The number of aromatic nitrogens is 2. The van der Waals surface area contributed by atoms with Crippen LogP contribution in [0, 0.1) is 0 Å². The van der Waals surface area contributed by atoms with Crippen molar-refractivity contribution >= 4 is 0 Å². The zero-order chi connectivity index (χ0) is 37.6. The van der Waals surface area contributed by atoms with Crippen molar-refractivity contribution in [2.45, 2.75) is 105 Å². The molecule has 2 nitrogen and oxygen atoms in total. The third kappa shape index (κ3) is 8.28. The van der Waals surface area contributed by atoms with E-state index in [9.17, 15) is 0 Å². The van der Waals surface area contributed by atoms with Gasteiger partial charge in [0.05, 0.1) is 11.4 Å². The molecule has 0 atom stereocenters. The molecule has 0 bridgehead atoms. The maximum absolute atomic E-state index is 5.29. The molecular weight excluding hydrogens is 629 g/mol. The van der Waals surface area contributed by atoms with Crippen molar-refractivity contribution in [1.29, 1.82) is 0 Å². The first kappa shape index (κ1) is 37.0. The minimum Gasteiger partial charge on any atom is -0.228 e. The topological polar surface area (TPSA) is 25.8 Å². The Hall–Kier alpha value is -4.82. The molecule has 5 aromatic carbocycles. The van der Waals surface area contributed by atoms with Crippen LogP contribution in [0.3, 0.4) is 0 Å². The van der Waals surface area contributed by atoms with Crippen LogP contribution in [0.5, 0.6) is 0 Å². The fourth-order valence-electron chi connectivity index (χ4n) is 6.50. The molecule has 0 N–H and O–H groups in total. The molecule has 0 spiro atoms. The number of hydrogen-bond donors (Lipinski definition) is 0. The molecule has 0 aliphatic carbocycles. The Labute approximate surface area is 313 Å². The second-order valence-electron chi connectivity index (χ2n) is 18.6. The van der Waals surface area contributed by atoms with Gasteiger partial charge in [-0.1, -0.05) is 180 Å². The van der Waals surface area contributed by atoms with Crippen LogP contribution in [0.2, 0.25) is 0 Å². The van der Waals surface area contributed by atoms with E-state index in [2.05, 4.69) is 198 Å². The van der Waals surface area contributed by atoms with Gasteiger partial charge in [-0.3, -0.25) is 0 Å². The molecule has 0 fully saturated rings. The first-order chi connectivity index (χ1) is 24.3. The smallest absolute Gasteiger partial charge is 0.160 e. The summed E-state index contributed by atoms with van der Waals surface area (Å²) in [7, 11) is 0. The van der Waals surface area contributed by atoms with E-state index >= 15 is 0 Å². The molecule has 6 aromatic rings. The standard InChI is InChI=1S/C50H56N2/c1-47(2,3)40-26-37(27-41(30-40)48(4,5)6)35-23-36(38-28-42(49(7,8)9)31-43(29-38)50(10,11)12)25-39(24-35)45-32-44(33-19-15-13-16-20-33)51-46(52-45)34-21-17-14-18-22-34/h13-32H,1-12H3. The molecule has 0 aliphatic rings. The number of nitrogens with zero attached hydrogens (tertiary/aromatic N) is 2. The minimum atomic E-state index is 0.000918. The average molecular weight is 685 g/mol. The van der Waals surface area contributed by atoms with Crippen molar-refractivity contribution in [3.63, 3.8) is 0 Å². The van der Waals surface area contributed by atoms with E-state index < -0.39 is 0 Å². The second kappa shape index (κ2) is 13.6. The lowest BCUT2D eigenvalue weighted by Gasteiger charge is -2.27. The van der Waals surface area contributed by atoms with Gasteiger partial charge in [0.2, 0.25) is 0 Å². The first-order valence-corrected chi connectivity index (χ1v) is 18.7. The molecule has 0 aliphatic heterocycles. The van der Waals surface area contributed by atoms with Crippen LogP contribution in [-0.2, 0) is 21.7 Å². The first-order valence-electron chi connectivity index (χ1n) is 18.7. The van der Waals surface area contributed by atoms with E-state index in [-0.39, 0.29) is 21.7 Å². The fraction of sp³-hybridized carbons (Fsp3) is 0.320. The molecule has 52 heavy (non-hydrogen) atoms. The molecule has 266 valence electrons. The summed E-state index contributed by atoms with van der Waals surface area (Å²) >= 11 is 0. The van der Waals surface area contributed by atoms with Crippen LogP contribution >= 0.6 is 0 Å². The third-order valence-electron chi connectivity index (χ3n) is 10.1. The zero-order valence-corrected chi connectivity index (χ0v) is 33.4. The van der Waals surface area contributed by atoms with Gasteiger partial charge in [0.1, 0.15) is 0 Å². The van der Waals surface area contributed by atoms with E-state index in [1.807, 2.05) is 6.07 Å². The van der Waals surface area contributed by atoms with Gasteiger partial charge in [-0.2, -0.15) is 0 Å². The number of rotatable bonds is 5. The SMILES string of the molecule is CC(C)(C)c1cc(-c2cc(-c3cc(C(C)(C)C)cc(C(C)(C)C)c3)cc(-c3cc(-c4ccccc4)nc(-c4ccccc4)n3)c2)cc(C(C)(C)C)c1. The molecular formula is C50H56N2. The molecule has 0 saturated carbocycles. The van der Waals surface area contributed by atoms with Gasteiger partial charge in [0.15, 0.2) is 5.82 Å². The zero-order valence-electron chi connectivity index (χ0n) is 33.4. The van der Waals surface area contributed by atoms with E-state index in [1.165, 1.54) is 44.5 Å². The van der Waals surface area contributed by atoms with E-state index in [0.717, 1.165) is 33.9 Å². The largest absolute Gasteiger partial charge is 0.228 e. The monoisotopic (exact) mass is 684 g/mol. The second-order valence-corrected chi connectivity index (χ2v) is 18.6. The Morgan fingerprint density at radius 2 is 0.596 bits per heavy atom. The van der Waals surface area contributed by atoms with Crippen LogP contribution in [0.4, 0.5) is 0 Å². The Kier molecular flexibility index (Phi) is 9.68. The Balaban J connectivity index is 1.69. The van der Waals surface area contributed by atoms with Crippen LogP contribution in [-0.4, -0.2) is 9.97 Å². The van der Waals surface area contributed by atoms with Crippen molar-refractivity contribution in [3.8, 4) is 56.2 Å². The normalized spacial score (nSPS) is 12.6.